The van der Waals surface area contributed by atoms with E-state index in [1.54, 1.807) is 6.92 Å². The van der Waals surface area contributed by atoms with E-state index in [9.17, 15) is 14.4 Å². The average Bonchev–Trinajstić information content (AvgIpc) is 2.53. The maximum absolute atomic E-state index is 12.6. The number of Topliss-reactive ketones (excluding diaryl/α,β-unsaturated/α-hetero) is 1. The first-order chi connectivity index (χ1) is 10.7. The Morgan fingerprint density at radius 3 is 2.26 bits per heavy atom. The van der Waals surface area contributed by atoms with Crippen LogP contribution < -0.4 is 22.3 Å². The summed E-state index contributed by atoms with van der Waals surface area (Å²) in [4.78, 5) is 36.6. The van der Waals surface area contributed by atoms with E-state index in [1.807, 2.05) is 31.2 Å². The monoisotopic (exact) mass is 316 g/mol. The summed E-state index contributed by atoms with van der Waals surface area (Å²) in [7, 11) is 2.74. The maximum atomic E-state index is 12.6. The molecule has 7 nitrogen and oxygen atoms in total. The average molecular weight is 316 g/mol. The van der Waals surface area contributed by atoms with E-state index in [2.05, 4.69) is 5.32 Å². The van der Waals surface area contributed by atoms with Gasteiger partial charge in [0.25, 0.3) is 5.56 Å². The molecular formula is C16H20N4O3. The minimum atomic E-state index is -0.687. The third kappa shape index (κ3) is 3.03. The van der Waals surface area contributed by atoms with Crippen molar-refractivity contribution in [3.63, 3.8) is 0 Å². The Morgan fingerprint density at radius 1 is 1.13 bits per heavy atom. The summed E-state index contributed by atoms with van der Waals surface area (Å²) in [5.41, 5.74) is 6.24. The van der Waals surface area contributed by atoms with Crippen LogP contribution in [0.15, 0.2) is 33.9 Å². The van der Waals surface area contributed by atoms with Gasteiger partial charge in [0.05, 0.1) is 6.04 Å². The molecule has 0 unspecified atom stereocenters. The summed E-state index contributed by atoms with van der Waals surface area (Å²) in [5, 5.41) is 3.03. The molecule has 0 saturated heterocycles. The fourth-order valence-corrected chi connectivity index (χ4v) is 2.27. The van der Waals surface area contributed by atoms with Gasteiger partial charge >= 0.3 is 5.69 Å². The predicted molar refractivity (Wildman–Crippen MR) is 89.9 cm³/mol. The number of carbonyl (C=O) groups excluding carboxylic acids is 1. The lowest BCUT2D eigenvalue weighted by atomic mass is 10.1. The third-order valence-corrected chi connectivity index (χ3v) is 3.78. The van der Waals surface area contributed by atoms with Gasteiger partial charge in [-0.15, -0.1) is 0 Å². The lowest BCUT2D eigenvalue weighted by Gasteiger charge is -2.16. The van der Waals surface area contributed by atoms with Crippen molar-refractivity contribution >= 4 is 17.3 Å². The second-order valence-corrected chi connectivity index (χ2v) is 5.56. The van der Waals surface area contributed by atoms with Gasteiger partial charge in [-0.2, -0.15) is 0 Å². The Balaban J connectivity index is 2.39. The van der Waals surface area contributed by atoms with Gasteiger partial charge in [0.2, 0.25) is 0 Å². The molecule has 2 aromatic rings. The van der Waals surface area contributed by atoms with Crippen LogP contribution in [0.1, 0.15) is 22.8 Å². The SMILES string of the molecule is Cc1ccc(N[C@@H](C)C(=O)c2c(N)n(C)c(=O)n(C)c2=O)cc1. The number of nitrogen functional groups attached to an aromatic ring is 1. The zero-order valence-corrected chi connectivity index (χ0v) is 13.6. The van der Waals surface area contributed by atoms with E-state index >= 15 is 0 Å². The molecule has 1 aromatic heterocycles. The molecule has 0 bridgehead atoms. The van der Waals surface area contributed by atoms with Crippen LogP contribution in [0.25, 0.3) is 0 Å². The molecule has 0 spiro atoms. The third-order valence-electron chi connectivity index (χ3n) is 3.78. The number of benzene rings is 1. The Labute approximate surface area is 133 Å². The molecular weight excluding hydrogens is 296 g/mol. The number of aromatic nitrogens is 2. The summed E-state index contributed by atoms with van der Waals surface area (Å²) in [6.07, 6.45) is 0. The molecule has 23 heavy (non-hydrogen) atoms. The predicted octanol–water partition coefficient (Wildman–Crippen LogP) is 0.658. The molecule has 0 amide bonds. The first-order valence-electron chi connectivity index (χ1n) is 7.17. The van der Waals surface area contributed by atoms with Gasteiger partial charge in [0.15, 0.2) is 5.78 Å². The summed E-state index contributed by atoms with van der Waals surface area (Å²) < 4.78 is 1.97. The number of nitrogens with one attached hydrogen (secondary N) is 1. The number of nitrogens with zero attached hydrogens (tertiary/aromatic N) is 2. The van der Waals surface area contributed by atoms with E-state index in [1.165, 1.54) is 14.1 Å². The van der Waals surface area contributed by atoms with Gasteiger partial charge in [0.1, 0.15) is 11.4 Å². The van der Waals surface area contributed by atoms with Crippen LogP contribution in [-0.2, 0) is 14.1 Å². The van der Waals surface area contributed by atoms with Crippen LogP contribution in [0.2, 0.25) is 0 Å². The standard InChI is InChI=1S/C16H20N4O3/c1-9-5-7-11(8-6-9)18-10(2)13(21)12-14(17)19(3)16(23)20(4)15(12)22/h5-8,10,18H,17H2,1-4H3/t10-/m0/s1. The minimum absolute atomic E-state index is 0.124. The number of rotatable bonds is 4. The molecule has 0 aliphatic rings. The van der Waals surface area contributed by atoms with Crippen LogP contribution >= 0.6 is 0 Å². The first kappa shape index (κ1) is 16.5. The quantitative estimate of drug-likeness (QED) is 0.807. The molecule has 1 atom stereocenters. The number of hydrogen-bond acceptors (Lipinski definition) is 5. The molecule has 0 radical (unpaired) electrons. The van der Waals surface area contributed by atoms with Crippen LogP contribution in [0.4, 0.5) is 11.5 Å². The zero-order chi connectivity index (χ0) is 17.3. The number of carbonyl (C=O) groups is 1. The lowest BCUT2D eigenvalue weighted by Crippen LogP contribution is -2.43. The highest BCUT2D eigenvalue weighted by Crippen LogP contribution is 2.13. The Kier molecular flexibility index (Phi) is 4.40. The van der Waals surface area contributed by atoms with Crippen molar-refractivity contribution in [2.45, 2.75) is 19.9 Å². The van der Waals surface area contributed by atoms with Crippen molar-refractivity contribution in [1.29, 1.82) is 0 Å². The minimum Gasteiger partial charge on any atom is -0.384 e. The summed E-state index contributed by atoms with van der Waals surface area (Å²) in [5.74, 6) is -0.583. The lowest BCUT2D eigenvalue weighted by molar-refractivity contribution is 0.0973. The number of nitrogens with two attached hydrogens (primary N) is 1. The molecule has 1 heterocycles. The van der Waals surface area contributed by atoms with Gasteiger partial charge in [-0.1, -0.05) is 17.7 Å². The molecule has 122 valence electrons. The number of ketones is 1. The smallest absolute Gasteiger partial charge is 0.332 e. The van der Waals surface area contributed by atoms with Gasteiger partial charge in [-0.25, -0.2) is 4.79 Å². The van der Waals surface area contributed by atoms with Crippen molar-refractivity contribution in [2.75, 3.05) is 11.1 Å². The Bertz CT molecular complexity index is 863. The molecule has 3 N–H and O–H groups in total. The second-order valence-electron chi connectivity index (χ2n) is 5.56. The summed E-state index contributed by atoms with van der Waals surface area (Å²) >= 11 is 0. The summed E-state index contributed by atoms with van der Waals surface area (Å²) in [6.45, 7) is 3.61. The van der Waals surface area contributed by atoms with Gasteiger partial charge in [-0.05, 0) is 26.0 Å². The van der Waals surface area contributed by atoms with E-state index in [0.717, 1.165) is 20.4 Å². The highest BCUT2D eigenvalue weighted by molar-refractivity contribution is 6.04. The van der Waals surface area contributed by atoms with Crippen molar-refractivity contribution in [2.24, 2.45) is 14.1 Å². The van der Waals surface area contributed by atoms with Crippen LogP contribution in [-0.4, -0.2) is 21.0 Å². The Hall–Kier alpha value is -2.83. The fourth-order valence-electron chi connectivity index (χ4n) is 2.27. The highest BCUT2D eigenvalue weighted by atomic mass is 16.2. The van der Waals surface area contributed by atoms with E-state index < -0.39 is 23.1 Å². The van der Waals surface area contributed by atoms with Gasteiger partial charge in [0, 0.05) is 19.8 Å². The number of aryl methyl sites for hydroxylation is 1. The van der Waals surface area contributed by atoms with E-state index in [4.69, 9.17) is 5.73 Å². The van der Waals surface area contributed by atoms with Crippen LogP contribution in [0.5, 0.6) is 0 Å². The topological polar surface area (TPSA) is 99.1 Å². The van der Waals surface area contributed by atoms with Crippen LogP contribution in [0, 0.1) is 6.92 Å². The second kappa shape index (κ2) is 6.12. The number of anilines is 2. The van der Waals surface area contributed by atoms with E-state index in [-0.39, 0.29) is 11.4 Å². The molecule has 1 aromatic carbocycles. The zero-order valence-electron chi connectivity index (χ0n) is 13.6. The normalized spacial score (nSPS) is 12.0. The van der Waals surface area contributed by atoms with Crippen molar-refractivity contribution < 1.29 is 4.79 Å². The molecule has 2 rings (SSSR count). The van der Waals surface area contributed by atoms with Crippen LogP contribution in [0.3, 0.4) is 0 Å². The van der Waals surface area contributed by atoms with Gasteiger partial charge in [-0.3, -0.25) is 18.7 Å². The van der Waals surface area contributed by atoms with E-state index in [0.29, 0.717) is 0 Å². The molecule has 0 aliphatic heterocycles. The summed E-state index contributed by atoms with van der Waals surface area (Å²) in [6, 6.07) is 6.87. The molecule has 0 fully saturated rings. The van der Waals surface area contributed by atoms with Crippen molar-refractivity contribution in [3.05, 3.63) is 56.2 Å². The fraction of sp³-hybridized carbons (Fsp3) is 0.312. The van der Waals surface area contributed by atoms with Crippen molar-refractivity contribution in [1.82, 2.24) is 9.13 Å². The molecule has 0 aliphatic carbocycles. The largest absolute Gasteiger partial charge is 0.384 e. The van der Waals surface area contributed by atoms with Gasteiger partial charge < -0.3 is 11.1 Å². The molecule has 7 heteroatoms. The molecule has 0 saturated carbocycles. The van der Waals surface area contributed by atoms with Crippen molar-refractivity contribution in [3.8, 4) is 0 Å². The maximum Gasteiger partial charge on any atom is 0.332 e. The highest BCUT2D eigenvalue weighted by Gasteiger charge is 2.24. The Morgan fingerprint density at radius 2 is 1.70 bits per heavy atom. The number of hydrogen-bond donors (Lipinski definition) is 2. The first-order valence-corrected chi connectivity index (χ1v) is 7.17.